The summed E-state index contributed by atoms with van der Waals surface area (Å²) in [5, 5.41) is 7.86. The van der Waals surface area contributed by atoms with Crippen molar-refractivity contribution in [2.24, 2.45) is 0 Å². The van der Waals surface area contributed by atoms with Crippen molar-refractivity contribution in [2.45, 2.75) is 20.3 Å². The lowest BCUT2D eigenvalue weighted by molar-refractivity contribution is -0.115. The Morgan fingerprint density at radius 1 is 1.10 bits per heavy atom. The minimum Gasteiger partial charge on any atom is -0.454 e. The second kappa shape index (κ2) is 7.92. The van der Waals surface area contributed by atoms with Crippen LogP contribution in [0.15, 0.2) is 41.8 Å². The van der Waals surface area contributed by atoms with Gasteiger partial charge in [-0.2, -0.15) is 0 Å². The number of nitrogens with one attached hydrogen (secondary N) is 2. The molecule has 0 unspecified atom stereocenters. The van der Waals surface area contributed by atoms with Crippen LogP contribution in [-0.4, -0.2) is 23.6 Å². The Balaban J connectivity index is 1.37. The molecule has 2 heterocycles. The maximum Gasteiger partial charge on any atom is 0.257 e. The van der Waals surface area contributed by atoms with Gasteiger partial charge in [0.1, 0.15) is 0 Å². The number of amides is 2. The van der Waals surface area contributed by atoms with Gasteiger partial charge < -0.3 is 14.8 Å². The maximum atomic E-state index is 12.4. The number of ether oxygens (including phenoxy) is 2. The van der Waals surface area contributed by atoms with Crippen molar-refractivity contribution in [1.82, 2.24) is 4.98 Å². The fourth-order valence-corrected chi connectivity index (χ4v) is 3.60. The highest BCUT2D eigenvalue weighted by Crippen LogP contribution is 2.32. The van der Waals surface area contributed by atoms with Gasteiger partial charge in [0.15, 0.2) is 16.6 Å². The number of aryl methyl sites for hydroxylation is 1. The molecule has 0 saturated heterocycles. The zero-order valence-corrected chi connectivity index (χ0v) is 16.8. The minimum atomic E-state index is -0.302. The first-order valence-corrected chi connectivity index (χ1v) is 9.89. The van der Waals surface area contributed by atoms with E-state index in [1.165, 1.54) is 11.3 Å². The first-order valence-electron chi connectivity index (χ1n) is 9.01. The molecule has 0 saturated carbocycles. The maximum absolute atomic E-state index is 12.4. The summed E-state index contributed by atoms with van der Waals surface area (Å²) in [5.41, 5.74) is 3.99. The molecule has 148 valence electrons. The van der Waals surface area contributed by atoms with Gasteiger partial charge in [0.25, 0.3) is 5.91 Å². The van der Waals surface area contributed by atoms with Crippen molar-refractivity contribution in [3.05, 3.63) is 64.2 Å². The molecule has 0 aliphatic carbocycles. The largest absolute Gasteiger partial charge is 0.454 e. The highest BCUT2D eigenvalue weighted by molar-refractivity contribution is 7.14. The van der Waals surface area contributed by atoms with Crippen molar-refractivity contribution in [3.8, 4) is 11.5 Å². The minimum absolute atomic E-state index is 0.129. The molecule has 4 rings (SSSR count). The third-order valence-electron chi connectivity index (χ3n) is 4.63. The molecule has 2 amide bonds. The van der Waals surface area contributed by atoms with Crippen LogP contribution in [-0.2, 0) is 11.2 Å². The number of anilines is 2. The van der Waals surface area contributed by atoms with Crippen LogP contribution in [0.1, 0.15) is 27.2 Å². The van der Waals surface area contributed by atoms with Gasteiger partial charge in [-0.25, -0.2) is 4.98 Å². The molecule has 2 N–H and O–H groups in total. The first kappa shape index (κ1) is 18.9. The van der Waals surface area contributed by atoms with Gasteiger partial charge in [0.05, 0.1) is 12.1 Å². The summed E-state index contributed by atoms with van der Waals surface area (Å²) in [7, 11) is 0. The van der Waals surface area contributed by atoms with E-state index in [-0.39, 0.29) is 25.0 Å². The summed E-state index contributed by atoms with van der Waals surface area (Å²) < 4.78 is 10.5. The summed E-state index contributed by atoms with van der Waals surface area (Å²) in [6, 6.07) is 10.8. The van der Waals surface area contributed by atoms with E-state index in [2.05, 4.69) is 15.6 Å². The van der Waals surface area contributed by atoms with Crippen LogP contribution in [0.3, 0.4) is 0 Å². The van der Waals surface area contributed by atoms with Gasteiger partial charge in [-0.1, -0.05) is 12.1 Å². The Hall–Kier alpha value is -3.39. The molecule has 0 fully saturated rings. The van der Waals surface area contributed by atoms with Gasteiger partial charge >= 0.3 is 0 Å². The summed E-state index contributed by atoms with van der Waals surface area (Å²) >= 11 is 1.27. The Labute approximate surface area is 171 Å². The number of fused-ring (bicyclic) bond motifs is 1. The Kier molecular flexibility index (Phi) is 5.18. The lowest BCUT2D eigenvalue weighted by Crippen LogP contribution is -2.16. The number of thiazole rings is 1. The Morgan fingerprint density at radius 3 is 2.79 bits per heavy atom. The molecule has 29 heavy (non-hydrogen) atoms. The molecule has 1 aromatic heterocycles. The van der Waals surface area contributed by atoms with E-state index in [0.717, 1.165) is 16.8 Å². The zero-order chi connectivity index (χ0) is 20.4. The van der Waals surface area contributed by atoms with Crippen molar-refractivity contribution in [1.29, 1.82) is 0 Å². The normalized spacial score (nSPS) is 11.9. The fourth-order valence-electron chi connectivity index (χ4n) is 2.90. The number of nitrogens with zero attached hydrogens (tertiary/aromatic N) is 1. The first-order chi connectivity index (χ1) is 14.0. The van der Waals surface area contributed by atoms with Gasteiger partial charge in [-0.05, 0) is 49.2 Å². The highest BCUT2D eigenvalue weighted by Gasteiger charge is 2.17. The van der Waals surface area contributed by atoms with E-state index in [9.17, 15) is 9.59 Å². The summed E-state index contributed by atoms with van der Waals surface area (Å²) in [6.07, 6.45) is 0.129. The second-order valence-corrected chi connectivity index (χ2v) is 7.50. The summed E-state index contributed by atoms with van der Waals surface area (Å²) in [4.78, 5) is 29.1. The number of hydrogen-bond acceptors (Lipinski definition) is 6. The molecular weight excluding hydrogens is 390 g/mol. The van der Waals surface area contributed by atoms with Crippen LogP contribution in [0.4, 0.5) is 10.8 Å². The number of carbonyl (C=O) groups is 2. The molecule has 3 aromatic rings. The lowest BCUT2D eigenvalue weighted by Gasteiger charge is -2.09. The summed E-state index contributed by atoms with van der Waals surface area (Å²) in [5.74, 6) is 0.704. The standard InChI is InChI=1S/C21H19N3O4S/c1-12-4-3-5-16(13(12)2)23-19(25)9-15-10-29-21(22-15)24-20(26)14-6-7-17-18(8-14)28-11-27-17/h3-8,10H,9,11H2,1-2H3,(H,23,25)(H,22,24,26). The van der Waals surface area contributed by atoms with E-state index in [1.54, 1.807) is 23.6 Å². The van der Waals surface area contributed by atoms with Gasteiger partial charge in [-0.15, -0.1) is 11.3 Å². The van der Waals surface area contributed by atoms with E-state index >= 15 is 0 Å². The van der Waals surface area contributed by atoms with Crippen LogP contribution in [0.25, 0.3) is 0 Å². The number of carbonyl (C=O) groups excluding carboxylic acids is 2. The third-order valence-corrected chi connectivity index (χ3v) is 5.43. The van der Waals surface area contributed by atoms with Gasteiger partial charge in [0, 0.05) is 16.6 Å². The number of benzene rings is 2. The predicted octanol–water partition coefficient (Wildman–Crippen LogP) is 3.92. The quantitative estimate of drug-likeness (QED) is 0.667. The molecule has 8 heteroatoms. The van der Waals surface area contributed by atoms with Crippen molar-refractivity contribution >= 4 is 34.0 Å². The Morgan fingerprint density at radius 2 is 1.93 bits per heavy atom. The molecule has 0 spiro atoms. The molecule has 7 nitrogen and oxygen atoms in total. The Bertz CT molecular complexity index is 1090. The number of hydrogen-bond donors (Lipinski definition) is 2. The fraction of sp³-hybridized carbons (Fsp3) is 0.190. The zero-order valence-electron chi connectivity index (χ0n) is 15.9. The van der Waals surface area contributed by atoms with Crippen LogP contribution in [0.5, 0.6) is 11.5 Å². The average Bonchev–Trinajstić information content (AvgIpc) is 3.34. The number of aromatic nitrogens is 1. The van der Waals surface area contributed by atoms with Crippen molar-refractivity contribution in [3.63, 3.8) is 0 Å². The molecule has 2 aromatic carbocycles. The predicted molar refractivity (Wildman–Crippen MR) is 111 cm³/mol. The summed E-state index contributed by atoms with van der Waals surface area (Å²) in [6.45, 7) is 4.12. The monoisotopic (exact) mass is 409 g/mol. The molecule has 0 radical (unpaired) electrons. The number of rotatable bonds is 5. The average molecular weight is 409 g/mol. The topological polar surface area (TPSA) is 89.6 Å². The van der Waals surface area contributed by atoms with E-state index in [1.807, 2.05) is 32.0 Å². The smallest absolute Gasteiger partial charge is 0.257 e. The van der Waals surface area contributed by atoms with Crippen LogP contribution < -0.4 is 20.1 Å². The molecule has 0 bridgehead atoms. The second-order valence-electron chi connectivity index (χ2n) is 6.64. The molecule has 1 aliphatic heterocycles. The van der Waals surface area contributed by atoms with Crippen molar-refractivity contribution in [2.75, 3.05) is 17.4 Å². The molecular formula is C21H19N3O4S. The van der Waals surface area contributed by atoms with E-state index in [4.69, 9.17) is 9.47 Å². The molecule has 1 aliphatic rings. The van der Waals surface area contributed by atoms with Crippen LogP contribution in [0, 0.1) is 13.8 Å². The molecule has 0 atom stereocenters. The van der Waals surface area contributed by atoms with Gasteiger partial charge in [-0.3, -0.25) is 14.9 Å². The van der Waals surface area contributed by atoms with E-state index in [0.29, 0.717) is 27.9 Å². The third kappa shape index (κ3) is 4.22. The van der Waals surface area contributed by atoms with Gasteiger partial charge in [0.2, 0.25) is 12.7 Å². The van der Waals surface area contributed by atoms with Crippen LogP contribution >= 0.6 is 11.3 Å². The SMILES string of the molecule is Cc1cccc(NC(=O)Cc2csc(NC(=O)c3ccc4c(c3)OCO4)n2)c1C. The van der Waals surface area contributed by atoms with Crippen molar-refractivity contribution < 1.29 is 19.1 Å². The lowest BCUT2D eigenvalue weighted by atomic mass is 10.1. The highest BCUT2D eigenvalue weighted by atomic mass is 32.1. The van der Waals surface area contributed by atoms with E-state index < -0.39 is 0 Å². The van der Waals surface area contributed by atoms with Crippen LogP contribution in [0.2, 0.25) is 0 Å².